The summed E-state index contributed by atoms with van der Waals surface area (Å²) < 4.78 is 27.7. The van der Waals surface area contributed by atoms with Gasteiger partial charge in [0.2, 0.25) is 29.5 Å². The highest BCUT2D eigenvalue weighted by atomic mass is 19.1. The number of primary amides is 1. The minimum absolute atomic E-state index is 0.0468. The van der Waals surface area contributed by atoms with Crippen molar-refractivity contribution in [3.05, 3.63) is 104 Å². The van der Waals surface area contributed by atoms with Gasteiger partial charge in [-0.05, 0) is 80.5 Å². The highest BCUT2D eigenvalue weighted by Crippen LogP contribution is 2.46. The first-order chi connectivity index (χ1) is 34.2. The van der Waals surface area contributed by atoms with E-state index in [9.17, 15) is 53.1 Å². The number of hydrogen-bond acceptors (Lipinski definition) is 14. The van der Waals surface area contributed by atoms with Crippen LogP contribution in [0.4, 0.5) is 14.9 Å². The van der Waals surface area contributed by atoms with Crippen LogP contribution < -0.4 is 37.9 Å². The second-order valence-electron chi connectivity index (χ2n) is 18.0. The van der Waals surface area contributed by atoms with Gasteiger partial charge >= 0.3 is 12.1 Å². The van der Waals surface area contributed by atoms with Crippen LogP contribution in [-0.2, 0) is 79.6 Å². The van der Waals surface area contributed by atoms with Crippen LogP contribution in [0.3, 0.4) is 0 Å². The minimum atomic E-state index is -2.05. The van der Waals surface area contributed by atoms with E-state index < -0.39 is 101 Å². The Morgan fingerprint density at radius 3 is 2.31 bits per heavy atom. The Morgan fingerprint density at radius 1 is 0.944 bits per heavy atom. The van der Waals surface area contributed by atoms with E-state index in [1.807, 2.05) is 0 Å². The minimum Gasteiger partial charge on any atom is -0.458 e. The van der Waals surface area contributed by atoms with Crippen molar-refractivity contribution in [3.63, 3.8) is 0 Å². The first kappa shape index (κ1) is 50.1. The van der Waals surface area contributed by atoms with Crippen molar-refractivity contribution < 1.29 is 62.1 Å². The lowest BCUT2D eigenvalue weighted by Gasteiger charge is -2.31. The quantitative estimate of drug-likeness (QED) is 0.0538. The highest BCUT2D eigenvalue weighted by molar-refractivity contribution is 6.13. The second kappa shape index (κ2) is 19.8. The highest BCUT2D eigenvalue weighted by Gasteiger charge is 2.46. The molecule has 2 aromatic carbocycles. The third kappa shape index (κ3) is 9.61. The van der Waals surface area contributed by atoms with Gasteiger partial charge in [0, 0.05) is 53.4 Å². The van der Waals surface area contributed by atoms with Gasteiger partial charge in [-0.25, -0.2) is 19.0 Å². The first-order valence-electron chi connectivity index (χ1n) is 23.1. The molecule has 0 radical (unpaired) electrons. The molecule has 2 aromatic heterocycles. The summed E-state index contributed by atoms with van der Waals surface area (Å²) in [4.78, 5) is 133. The molecule has 4 aromatic rings. The number of fused-ring (bicyclic) bond motifs is 5. The molecule has 376 valence electrons. The van der Waals surface area contributed by atoms with Gasteiger partial charge in [0.15, 0.2) is 5.60 Å². The van der Waals surface area contributed by atoms with Gasteiger partial charge in [-0.3, -0.25) is 43.3 Å². The number of benzene rings is 2. The van der Waals surface area contributed by atoms with Crippen LogP contribution in [0, 0.1) is 12.7 Å². The Bertz CT molecular complexity index is 3100. The van der Waals surface area contributed by atoms with Crippen LogP contribution in [0.1, 0.15) is 91.4 Å². The maximum Gasteiger partial charge on any atom is 0.407 e. The molecule has 2 unspecified atom stereocenters. The molecule has 4 aliphatic rings. The summed E-state index contributed by atoms with van der Waals surface area (Å²) in [5, 5.41) is 24.7. The number of carbonyl (C=O) groups excluding carboxylic acids is 9. The van der Waals surface area contributed by atoms with E-state index in [1.165, 1.54) is 36.6 Å². The zero-order chi connectivity index (χ0) is 51.9. The van der Waals surface area contributed by atoms with Crippen LogP contribution in [-0.4, -0.2) is 97.6 Å². The number of aliphatic hydroxyl groups is 1. The fourth-order valence-electron chi connectivity index (χ4n) is 9.30. The van der Waals surface area contributed by atoms with E-state index >= 15 is 4.39 Å². The molecule has 8 amide bonds. The lowest BCUT2D eigenvalue weighted by molar-refractivity contribution is -0.172. The molecule has 22 nitrogen and oxygen atoms in total. The average molecular weight is 992 g/mol. The molecule has 3 aliphatic heterocycles. The number of aryl methyl sites for hydroxylation is 1. The molecule has 8 rings (SSSR count). The van der Waals surface area contributed by atoms with Crippen LogP contribution in [0.5, 0.6) is 0 Å². The maximum absolute atomic E-state index is 15.4. The predicted molar refractivity (Wildman–Crippen MR) is 250 cm³/mol. The maximum atomic E-state index is 15.4. The molecule has 0 bridgehead atoms. The van der Waals surface area contributed by atoms with Crippen LogP contribution in [0.25, 0.3) is 22.3 Å². The monoisotopic (exact) mass is 991 g/mol. The van der Waals surface area contributed by atoms with Crippen molar-refractivity contribution in [2.24, 2.45) is 5.73 Å². The fraction of sp³-hybridized carbons (Fsp3) is 0.367. The Kier molecular flexibility index (Phi) is 13.8. The number of anilines is 1. The van der Waals surface area contributed by atoms with Gasteiger partial charge in [-0.15, -0.1) is 0 Å². The summed E-state index contributed by atoms with van der Waals surface area (Å²) in [5.41, 5.74) is 7.24. The average Bonchev–Trinajstić information content (AvgIpc) is 3.88. The van der Waals surface area contributed by atoms with E-state index in [0.29, 0.717) is 57.4 Å². The smallest absolute Gasteiger partial charge is 0.407 e. The number of carbonyl (C=O) groups is 9. The molecule has 0 spiro atoms. The standard InChI is InChI=1S/C49H50FN9O13/c1-5-49(70)30-16-35-42-28(19-59(35)46(67)29(30)21-71-47(49)68)41-32(11-10-27-22(2)31(50)17-33(55-42)40(27)41)57-48(69)72-20-25-6-8-26(9-7-25)54-45(66)34(18-36(51)60)56-44(65)24(4)53-43(64)23(3)52-37(61)14-15-58-38(62)12-13-39(58)63/h6-9,12-13,16-17,23-24,32,34,70H,5,10-11,14-15,18-21H2,1-4H3,(H2,51,60)(H,52,61)(H,53,64)(H,54,66)(H,56,65)(H,57,69)/t23?,24-,32-,34?,49-/m0/s1. The lowest BCUT2D eigenvalue weighted by Crippen LogP contribution is -2.55. The van der Waals surface area contributed by atoms with E-state index in [4.69, 9.17) is 20.2 Å². The number of pyridine rings is 2. The van der Waals surface area contributed by atoms with E-state index in [-0.39, 0.29) is 56.0 Å². The number of hydrogen-bond donors (Lipinski definition) is 7. The summed E-state index contributed by atoms with van der Waals surface area (Å²) in [6, 6.07) is 4.46. The lowest BCUT2D eigenvalue weighted by atomic mass is 9.81. The second-order valence-corrected chi connectivity index (χ2v) is 18.0. The van der Waals surface area contributed by atoms with Crippen molar-refractivity contribution in [3.8, 4) is 11.4 Å². The third-order valence-electron chi connectivity index (χ3n) is 13.3. The Hall–Kier alpha value is -8.34. The Balaban J connectivity index is 0.886. The number of rotatable bonds is 16. The third-order valence-corrected chi connectivity index (χ3v) is 13.3. The van der Waals surface area contributed by atoms with Crippen LogP contribution >= 0.6 is 0 Å². The Morgan fingerprint density at radius 2 is 1.62 bits per heavy atom. The predicted octanol–water partition coefficient (Wildman–Crippen LogP) is 1.06. The summed E-state index contributed by atoms with van der Waals surface area (Å²) >= 11 is 0. The largest absolute Gasteiger partial charge is 0.458 e. The van der Waals surface area contributed by atoms with Crippen molar-refractivity contribution >= 4 is 70.0 Å². The molecular formula is C49H50FN9O13. The van der Waals surface area contributed by atoms with Gasteiger partial charge in [-0.2, -0.15) is 0 Å². The van der Waals surface area contributed by atoms with Gasteiger partial charge in [0.05, 0.1) is 41.5 Å². The van der Waals surface area contributed by atoms with E-state index in [0.717, 1.165) is 22.6 Å². The summed E-state index contributed by atoms with van der Waals surface area (Å²) in [5.74, 6) is -6.46. The van der Waals surface area contributed by atoms with Gasteiger partial charge in [0.1, 0.15) is 37.2 Å². The number of esters is 1. The SMILES string of the molecule is CC[C@@]1(O)C(=O)OCc2c1cc1n(c2=O)Cc2c-1nc1cc(F)c(C)c3c1c2[C@@H](NC(=O)OCc1ccc(NC(=O)C(CC(N)=O)NC(=O)[C@H](C)NC(=O)C(C)NC(=O)CCN2C(=O)C=CC2=O)cc1)CC3. The molecule has 1 aliphatic carbocycles. The number of cyclic esters (lactones) is 1. The fourth-order valence-corrected chi connectivity index (χ4v) is 9.30. The van der Waals surface area contributed by atoms with Crippen LogP contribution in [0.15, 0.2) is 53.3 Å². The van der Waals surface area contributed by atoms with Gasteiger partial charge in [0.25, 0.3) is 17.4 Å². The number of amides is 8. The van der Waals surface area contributed by atoms with Crippen molar-refractivity contribution in [2.45, 2.75) is 109 Å². The van der Waals surface area contributed by atoms with E-state index in [2.05, 4.69) is 26.6 Å². The van der Waals surface area contributed by atoms with Crippen molar-refractivity contribution in [2.75, 3.05) is 11.9 Å². The number of nitrogens with zero attached hydrogens (tertiary/aromatic N) is 3. The van der Waals surface area contributed by atoms with E-state index in [1.54, 1.807) is 32.0 Å². The normalized spacial score (nSPS) is 18.5. The number of alkyl carbamates (subject to hydrolysis) is 1. The number of nitrogens with one attached hydrogen (secondary N) is 5. The molecule has 0 saturated carbocycles. The molecule has 5 atom stereocenters. The van der Waals surface area contributed by atoms with Crippen LogP contribution in [0.2, 0.25) is 0 Å². The van der Waals surface area contributed by atoms with Gasteiger partial charge < -0.3 is 51.5 Å². The molecule has 5 heterocycles. The first-order valence-corrected chi connectivity index (χ1v) is 23.1. The number of halogens is 1. The number of aromatic nitrogens is 2. The number of imide groups is 1. The zero-order valence-electron chi connectivity index (χ0n) is 39.4. The molecule has 0 saturated heterocycles. The summed E-state index contributed by atoms with van der Waals surface area (Å²) in [6.45, 7) is 5.24. The molecule has 23 heteroatoms. The summed E-state index contributed by atoms with van der Waals surface area (Å²) in [6.07, 6.45) is 1.19. The molecule has 0 fully saturated rings. The zero-order valence-corrected chi connectivity index (χ0v) is 39.4. The summed E-state index contributed by atoms with van der Waals surface area (Å²) in [7, 11) is 0. The Labute approximate surface area is 408 Å². The van der Waals surface area contributed by atoms with Crippen molar-refractivity contribution in [1.82, 2.24) is 35.7 Å². The van der Waals surface area contributed by atoms with Gasteiger partial charge in [-0.1, -0.05) is 19.1 Å². The molecular weight excluding hydrogens is 942 g/mol. The molecule has 72 heavy (non-hydrogen) atoms. The number of nitrogens with two attached hydrogens (primary N) is 1. The molecule has 8 N–H and O–H groups in total. The number of ether oxygens (including phenoxy) is 2. The van der Waals surface area contributed by atoms with Crippen molar-refractivity contribution in [1.29, 1.82) is 0 Å². The topological polar surface area (TPSA) is 317 Å².